The Kier molecular flexibility index (Phi) is 4.82. The van der Waals surface area contributed by atoms with Gasteiger partial charge in [-0.1, -0.05) is 18.2 Å². The van der Waals surface area contributed by atoms with Crippen molar-refractivity contribution in [3.05, 3.63) is 53.6 Å². The van der Waals surface area contributed by atoms with Gasteiger partial charge in [-0.15, -0.1) is 0 Å². The third-order valence-corrected chi connectivity index (χ3v) is 3.17. The molecule has 110 valence electrons. The number of carbonyl (C=O) groups excluding carboxylic acids is 1. The fourth-order valence-corrected chi connectivity index (χ4v) is 2.01. The van der Waals surface area contributed by atoms with Gasteiger partial charge in [0.1, 0.15) is 11.5 Å². The lowest BCUT2D eigenvalue weighted by Crippen LogP contribution is -2.21. The summed E-state index contributed by atoms with van der Waals surface area (Å²) < 4.78 is 10.5. The lowest BCUT2D eigenvalue weighted by atomic mass is 10.1. The fourth-order valence-electron chi connectivity index (χ4n) is 2.01. The Hall–Kier alpha value is -2.49. The molecule has 0 aliphatic carbocycles. The number of amides is 1. The Morgan fingerprint density at radius 1 is 1.00 bits per heavy atom. The van der Waals surface area contributed by atoms with Crippen molar-refractivity contribution in [2.24, 2.45) is 0 Å². The summed E-state index contributed by atoms with van der Waals surface area (Å²) in [7, 11) is 1.60. The highest BCUT2D eigenvalue weighted by Gasteiger charge is 2.08. The van der Waals surface area contributed by atoms with E-state index in [4.69, 9.17) is 9.47 Å². The number of hydrogen-bond acceptors (Lipinski definition) is 3. The second-order valence-electron chi connectivity index (χ2n) is 4.78. The molecule has 2 aromatic rings. The molecule has 0 saturated carbocycles. The van der Waals surface area contributed by atoms with E-state index in [2.05, 4.69) is 5.32 Å². The van der Waals surface area contributed by atoms with Crippen LogP contribution in [-0.4, -0.2) is 19.6 Å². The summed E-state index contributed by atoms with van der Waals surface area (Å²) in [4.78, 5) is 12.0. The van der Waals surface area contributed by atoms with Gasteiger partial charge in [-0.3, -0.25) is 4.79 Å². The summed E-state index contributed by atoms with van der Waals surface area (Å²) in [6.07, 6.45) is 0. The van der Waals surface area contributed by atoms with E-state index in [1.807, 2.05) is 32.0 Å². The van der Waals surface area contributed by atoms with Gasteiger partial charge in [-0.25, -0.2) is 0 Å². The molecule has 0 heterocycles. The first kappa shape index (κ1) is 14.9. The minimum atomic E-state index is -0.178. The van der Waals surface area contributed by atoms with Crippen LogP contribution in [0.5, 0.6) is 11.5 Å². The molecule has 4 nitrogen and oxygen atoms in total. The number of nitrogens with one attached hydrogen (secondary N) is 1. The minimum absolute atomic E-state index is 0.0277. The van der Waals surface area contributed by atoms with E-state index >= 15 is 0 Å². The smallest absolute Gasteiger partial charge is 0.262 e. The first-order valence-corrected chi connectivity index (χ1v) is 6.73. The van der Waals surface area contributed by atoms with E-state index in [-0.39, 0.29) is 12.5 Å². The van der Waals surface area contributed by atoms with Crippen molar-refractivity contribution in [2.75, 3.05) is 19.0 Å². The summed E-state index contributed by atoms with van der Waals surface area (Å²) in [6, 6.07) is 13.0. The van der Waals surface area contributed by atoms with Gasteiger partial charge in [0, 0.05) is 5.69 Å². The van der Waals surface area contributed by atoms with Gasteiger partial charge in [0.05, 0.1) is 7.11 Å². The summed E-state index contributed by atoms with van der Waals surface area (Å²) in [5.41, 5.74) is 2.92. The summed E-state index contributed by atoms with van der Waals surface area (Å²) in [6.45, 7) is 3.90. The first-order chi connectivity index (χ1) is 10.1. The highest BCUT2D eigenvalue weighted by atomic mass is 16.5. The van der Waals surface area contributed by atoms with Gasteiger partial charge in [0.2, 0.25) is 0 Å². The predicted molar refractivity (Wildman–Crippen MR) is 83.0 cm³/mol. The molecule has 0 bridgehead atoms. The quantitative estimate of drug-likeness (QED) is 0.916. The number of ether oxygens (including phenoxy) is 2. The molecule has 2 aromatic carbocycles. The van der Waals surface area contributed by atoms with Gasteiger partial charge < -0.3 is 14.8 Å². The number of benzene rings is 2. The zero-order chi connectivity index (χ0) is 15.2. The lowest BCUT2D eigenvalue weighted by molar-refractivity contribution is -0.118. The van der Waals surface area contributed by atoms with Crippen molar-refractivity contribution in [3.63, 3.8) is 0 Å². The SMILES string of the molecule is COc1ccc(OCC(=O)Nc2c(C)cccc2C)cc1. The van der Waals surface area contributed by atoms with Crippen molar-refractivity contribution in [3.8, 4) is 11.5 Å². The van der Waals surface area contributed by atoms with E-state index in [9.17, 15) is 4.79 Å². The summed E-state index contributed by atoms with van der Waals surface area (Å²) >= 11 is 0. The zero-order valence-electron chi connectivity index (χ0n) is 12.5. The average Bonchev–Trinajstić information content (AvgIpc) is 2.49. The van der Waals surface area contributed by atoms with Crippen molar-refractivity contribution in [1.29, 1.82) is 0 Å². The van der Waals surface area contributed by atoms with Crippen molar-refractivity contribution in [2.45, 2.75) is 13.8 Å². The van der Waals surface area contributed by atoms with Gasteiger partial charge in [0.25, 0.3) is 5.91 Å². The highest BCUT2D eigenvalue weighted by Crippen LogP contribution is 2.20. The molecule has 1 N–H and O–H groups in total. The van der Waals surface area contributed by atoms with Crippen LogP contribution in [0.4, 0.5) is 5.69 Å². The predicted octanol–water partition coefficient (Wildman–Crippen LogP) is 3.33. The number of anilines is 1. The van der Waals surface area contributed by atoms with Gasteiger partial charge in [-0.05, 0) is 49.2 Å². The molecular weight excluding hydrogens is 266 g/mol. The van der Waals surface area contributed by atoms with Gasteiger partial charge >= 0.3 is 0 Å². The maximum absolute atomic E-state index is 12.0. The second kappa shape index (κ2) is 6.79. The number of para-hydroxylation sites is 1. The van der Waals surface area contributed by atoms with Crippen LogP contribution in [0, 0.1) is 13.8 Å². The molecule has 0 fully saturated rings. The fraction of sp³-hybridized carbons (Fsp3) is 0.235. The van der Waals surface area contributed by atoms with Gasteiger partial charge in [-0.2, -0.15) is 0 Å². The molecule has 2 rings (SSSR count). The third-order valence-electron chi connectivity index (χ3n) is 3.17. The molecule has 0 spiro atoms. The molecule has 0 radical (unpaired) electrons. The number of carbonyl (C=O) groups is 1. The molecule has 0 atom stereocenters. The van der Waals surface area contributed by atoms with E-state index in [1.54, 1.807) is 31.4 Å². The molecule has 0 unspecified atom stereocenters. The van der Waals surface area contributed by atoms with E-state index in [0.29, 0.717) is 5.75 Å². The first-order valence-electron chi connectivity index (χ1n) is 6.73. The summed E-state index contributed by atoms with van der Waals surface area (Å²) in [5.74, 6) is 1.21. The van der Waals surface area contributed by atoms with Crippen LogP contribution < -0.4 is 14.8 Å². The van der Waals surface area contributed by atoms with Crippen LogP contribution in [0.3, 0.4) is 0 Å². The van der Waals surface area contributed by atoms with Crippen molar-refractivity contribution < 1.29 is 14.3 Å². The second-order valence-corrected chi connectivity index (χ2v) is 4.78. The van der Waals surface area contributed by atoms with E-state index in [1.165, 1.54) is 0 Å². The Balaban J connectivity index is 1.92. The summed E-state index contributed by atoms with van der Waals surface area (Å²) in [5, 5.41) is 2.88. The number of hydrogen-bond donors (Lipinski definition) is 1. The van der Waals surface area contributed by atoms with Crippen LogP contribution in [0.2, 0.25) is 0 Å². The molecule has 4 heteroatoms. The maximum Gasteiger partial charge on any atom is 0.262 e. The molecule has 0 aliphatic rings. The Morgan fingerprint density at radius 3 is 2.14 bits per heavy atom. The standard InChI is InChI=1S/C17H19NO3/c1-12-5-4-6-13(2)17(12)18-16(19)11-21-15-9-7-14(20-3)8-10-15/h4-10H,11H2,1-3H3,(H,18,19). The largest absolute Gasteiger partial charge is 0.497 e. The Morgan fingerprint density at radius 2 is 1.57 bits per heavy atom. The maximum atomic E-state index is 12.0. The van der Waals surface area contributed by atoms with Crippen LogP contribution in [0.25, 0.3) is 0 Å². The molecule has 0 saturated heterocycles. The number of rotatable bonds is 5. The van der Waals surface area contributed by atoms with Gasteiger partial charge in [0.15, 0.2) is 6.61 Å². The number of aryl methyl sites for hydroxylation is 2. The Bertz CT molecular complexity index is 600. The lowest BCUT2D eigenvalue weighted by Gasteiger charge is -2.12. The van der Waals surface area contributed by atoms with E-state index in [0.717, 1.165) is 22.6 Å². The zero-order valence-corrected chi connectivity index (χ0v) is 12.5. The molecule has 0 aromatic heterocycles. The average molecular weight is 285 g/mol. The van der Waals surface area contributed by atoms with E-state index < -0.39 is 0 Å². The van der Waals surface area contributed by atoms with Crippen LogP contribution in [0.15, 0.2) is 42.5 Å². The van der Waals surface area contributed by atoms with Crippen LogP contribution in [0.1, 0.15) is 11.1 Å². The van der Waals surface area contributed by atoms with Crippen molar-refractivity contribution in [1.82, 2.24) is 0 Å². The normalized spacial score (nSPS) is 10.0. The number of methoxy groups -OCH3 is 1. The topological polar surface area (TPSA) is 47.6 Å². The van der Waals surface area contributed by atoms with Crippen LogP contribution >= 0.6 is 0 Å². The monoisotopic (exact) mass is 285 g/mol. The molecule has 21 heavy (non-hydrogen) atoms. The molecule has 1 amide bonds. The Labute approximate surface area is 124 Å². The highest BCUT2D eigenvalue weighted by molar-refractivity contribution is 5.93. The third kappa shape index (κ3) is 3.99. The molecular formula is C17H19NO3. The molecule has 0 aliphatic heterocycles. The van der Waals surface area contributed by atoms with Crippen molar-refractivity contribution >= 4 is 11.6 Å². The van der Waals surface area contributed by atoms with Crippen LogP contribution in [-0.2, 0) is 4.79 Å². The minimum Gasteiger partial charge on any atom is -0.497 e.